The van der Waals surface area contributed by atoms with Crippen molar-refractivity contribution in [2.75, 3.05) is 5.32 Å². The van der Waals surface area contributed by atoms with Crippen LogP contribution in [0.15, 0.2) is 47.6 Å². The van der Waals surface area contributed by atoms with Crippen molar-refractivity contribution in [3.63, 3.8) is 0 Å². The summed E-state index contributed by atoms with van der Waals surface area (Å²) in [6.45, 7) is 1.51. The van der Waals surface area contributed by atoms with Gasteiger partial charge in [-0.2, -0.15) is 5.10 Å². The van der Waals surface area contributed by atoms with Crippen LogP contribution in [0.5, 0.6) is 5.75 Å². The molecule has 0 aromatic heterocycles. The Kier molecular flexibility index (Phi) is 5.78. The van der Waals surface area contributed by atoms with E-state index in [-0.39, 0.29) is 29.1 Å². The van der Waals surface area contributed by atoms with Gasteiger partial charge in [0.05, 0.1) is 12.1 Å². The van der Waals surface area contributed by atoms with Gasteiger partial charge < -0.3 is 10.4 Å². The smallest absolute Gasteiger partial charge is 0.271 e. The summed E-state index contributed by atoms with van der Waals surface area (Å²) in [6.07, 6.45) is -0.188. The molecule has 0 bridgehead atoms. The second-order valence-electron chi connectivity index (χ2n) is 5.18. The third-order valence-electron chi connectivity index (χ3n) is 3.10. The van der Waals surface area contributed by atoms with E-state index in [1.807, 2.05) is 0 Å². The molecule has 0 saturated heterocycles. The van der Waals surface area contributed by atoms with Crippen molar-refractivity contribution >= 4 is 23.2 Å². The second kappa shape index (κ2) is 8.00. The lowest BCUT2D eigenvalue weighted by Gasteiger charge is -2.06. The highest BCUT2D eigenvalue weighted by molar-refractivity contribution is 6.06. The predicted molar refractivity (Wildman–Crippen MR) is 88.3 cm³/mol. The molecule has 0 aliphatic heterocycles. The highest BCUT2D eigenvalue weighted by Crippen LogP contribution is 2.15. The molecule has 0 atom stereocenters. The van der Waals surface area contributed by atoms with Crippen LogP contribution < -0.4 is 10.7 Å². The molecule has 2 rings (SSSR count). The molecule has 3 N–H and O–H groups in total. The molecule has 2 amide bonds. The lowest BCUT2D eigenvalue weighted by Crippen LogP contribution is -2.21. The Hall–Kier alpha value is -3.29. The minimum atomic E-state index is -0.886. The van der Waals surface area contributed by atoms with E-state index in [9.17, 15) is 18.4 Å². The van der Waals surface area contributed by atoms with Crippen molar-refractivity contribution in [1.29, 1.82) is 0 Å². The van der Waals surface area contributed by atoms with Gasteiger partial charge in [0.1, 0.15) is 17.4 Å². The Morgan fingerprint density at radius 3 is 2.44 bits per heavy atom. The van der Waals surface area contributed by atoms with Crippen molar-refractivity contribution in [3.8, 4) is 5.75 Å². The first kappa shape index (κ1) is 18.1. The molecule has 0 aliphatic rings. The van der Waals surface area contributed by atoms with Crippen LogP contribution in [0.3, 0.4) is 0 Å². The van der Waals surface area contributed by atoms with Crippen LogP contribution in [0.2, 0.25) is 0 Å². The number of carbonyl (C=O) groups excluding carboxylic acids is 2. The van der Waals surface area contributed by atoms with E-state index in [0.29, 0.717) is 6.07 Å². The lowest BCUT2D eigenvalue weighted by molar-refractivity contribution is -0.115. The Morgan fingerprint density at radius 1 is 1.12 bits per heavy atom. The van der Waals surface area contributed by atoms with E-state index in [0.717, 1.165) is 12.1 Å². The van der Waals surface area contributed by atoms with E-state index < -0.39 is 23.4 Å². The van der Waals surface area contributed by atoms with Crippen molar-refractivity contribution in [1.82, 2.24) is 5.43 Å². The van der Waals surface area contributed by atoms with Crippen LogP contribution in [0, 0.1) is 11.6 Å². The summed E-state index contributed by atoms with van der Waals surface area (Å²) in [5, 5.41) is 15.2. The summed E-state index contributed by atoms with van der Waals surface area (Å²) in [6, 6.07) is 8.35. The number of aromatic hydroxyl groups is 1. The van der Waals surface area contributed by atoms with Crippen LogP contribution in [-0.4, -0.2) is 22.6 Å². The zero-order chi connectivity index (χ0) is 18.4. The molecule has 0 unspecified atom stereocenters. The SMILES string of the molecule is C/C(CC(=O)Nc1ccc(F)cc1F)=N\NC(=O)c1ccc(O)cc1. The standard InChI is InChI=1S/C17H15F2N3O3/c1-10(21-22-17(25)11-2-5-13(23)6-3-11)8-16(24)20-15-7-4-12(18)9-14(15)19/h2-7,9,23H,8H2,1H3,(H,20,24)(H,22,25)/b21-10+. The molecule has 0 radical (unpaired) electrons. The number of amides is 2. The van der Waals surface area contributed by atoms with Crippen LogP contribution >= 0.6 is 0 Å². The number of hydrogen-bond donors (Lipinski definition) is 3. The maximum absolute atomic E-state index is 13.5. The van der Waals surface area contributed by atoms with Crippen LogP contribution in [0.1, 0.15) is 23.7 Å². The molecule has 0 aliphatic carbocycles. The average molecular weight is 347 g/mol. The number of anilines is 1. The molecular weight excluding hydrogens is 332 g/mol. The first-order valence-electron chi connectivity index (χ1n) is 7.22. The lowest BCUT2D eigenvalue weighted by atomic mass is 10.2. The first-order chi connectivity index (χ1) is 11.8. The topological polar surface area (TPSA) is 90.8 Å². The molecule has 0 heterocycles. The minimum absolute atomic E-state index is 0.0286. The van der Waals surface area contributed by atoms with E-state index >= 15 is 0 Å². The number of halogens is 2. The fraction of sp³-hybridized carbons (Fsp3) is 0.118. The second-order valence-corrected chi connectivity index (χ2v) is 5.18. The summed E-state index contributed by atoms with van der Waals surface area (Å²) in [5.74, 6) is -2.68. The predicted octanol–water partition coefficient (Wildman–Crippen LogP) is 2.80. The fourth-order valence-corrected chi connectivity index (χ4v) is 1.88. The Morgan fingerprint density at radius 2 is 1.80 bits per heavy atom. The average Bonchev–Trinajstić information content (AvgIpc) is 2.56. The van der Waals surface area contributed by atoms with E-state index in [1.165, 1.54) is 31.2 Å². The number of hydrogen-bond acceptors (Lipinski definition) is 4. The number of phenolic OH excluding ortho intramolecular Hbond substituents is 1. The van der Waals surface area contributed by atoms with E-state index in [4.69, 9.17) is 5.11 Å². The molecule has 2 aromatic carbocycles. The first-order valence-corrected chi connectivity index (χ1v) is 7.22. The Labute approximate surface area is 142 Å². The fourth-order valence-electron chi connectivity index (χ4n) is 1.88. The number of carbonyl (C=O) groups is 2. The van der Waals surface area contributed by atoms with Gasteiger partial charge in [-0.05, 0) is 43.3 Å². The monoisotopic (exact) mass is 347 g/mol. The molecule has 130 valence electrons. The number of nitrogens with one attached hydrogen (secondary N) is 2. The maximum atomic E-state index is 13.5. The minimum Gasteiger partial charge on any atom is -0.508 e. The van der Waals surface area contributed by atoms with Gasteiger partial charge in [0.15, 0.2) is 0 Å². The van der Waals surface area contributed by atoms with Crippen LogP contribution in [-0.2, 0) is 4.79 Å². The third kappa shape index (κ3) is 5.38. The number of hydrazone groups is 1. The third-order valence-corrected chi connectivity index (χ3v) is 3.10. The van der Waals surface area contributed by atoms with Crippen LogP contribution in [0.25, 0.3) is 0 Å². The van der Waals surface area contributed by atoms with Gasteiger partial charge in [0.25, 0.3) is 5.91 Å². The van der Waals surface area contributed by atoms with Gasteiger partial charge in [-0.25, -0.2) is 14.2 Å². The Balaban J connectivity index is 1.90. The van der Waals surface area contributed by atoms with Crippen molar-refractivity contribution < 1.29 is 23.5 Å². The van der Waals surface area contributed by atoms with Crippen molar-refractivity contribution in [2.45, 2.75) is 13.3 Å². The molecule has 0 saturated carbocycles. The molecule has 25 heavy (non-hydrogen) atoms. The van der Waals surface area contributed by atoms with Gasteiger partial charge >= 0.3 is 0 Å². The summed E-state index contributed by atoms with van der Waals surface area (Å²) >= 11 is 0. The molecular formula is C17H15F2N3O3. The molecule has 0 spiro atoms. The number of nitrogens with zero attached hydrogens (tertiary/aromatic N) is 1. The van der Waals surface area contributed by atoms with E-state index in [2.05, 4.69) is 15.8 Å². The number of phenols is 1. The van der Waals surface area contributed by atoms with Crippen LogP contribution in [0.4, 0.5) is 14.5 Å². The van der Waals surface area contributed by atoms with Gasteiger partial charge in [-0.3, -0.25) is 9.59 Å². The van der Waals surface area contributed by atoms with Gasteiger partial charge in [-0.15, -0.1) is 0 Å². The molecule has 2 aromatic rings. The Bertz CT molecular complexity index is 820. The number of rotatable bonds is 5. The molecule has 6 nitrogen and oxygen atoms in total. The maximum Gasteiger partial charge on any atom is 0.271 e. The highest BCUT2D eigenvalue weighted by atomic mass is 19.1. The molecule has 0 fully saturated rings. The zero-order valence-electron chi connectivity index (χ0n) is 13.2. The summed E-state index contributed by atoms with van der Waals surface area (Å²) in [4.78, 5) is 23.6. The highest BCUT2D eigenvalue weighted by Gasteiger charge is 2.10. The summed E-state index contributed by atoms with van der Waals surface area (Å²) in [5.41, 5.74) is 2.69. The zero-order valence-corrected chi connectivity index (χ0v) is 13.2. The molecule has 8 heteroatoms. The van der Waals surface area contributed by atoms with Gasteiger partial charge in [-0.1, -0.05) is 0 Å². The summed E-state index contributed by atoms with van der Waals surface area (Å²) < 4.78 is 26.3. The quantitative estimate of drug-likeness (QED) is 0.574. The van der Waals surface area contributed by atoms with Gasteiger partial charge in [0.2, 0.25) is 5.91 Å². The van der Waals surface area contributed by atoms with E-state index in [1.54, 1.807) is 0 Å². The normalized spacial score (nSPS) is 11.1. The largest absolute Gasteiger partial charge is 0.508 e. The summed E-state index contributed by atoms with van der Waals surface area (Å²) in [7, 11) is 0. The van der Waals surface area contributed by atoms with Crippen molar-refractivity contribution in [3.05, 3.63) is 59.7 Å². The van der Waals surface area contributed by atoms with Crippen molar-refractivity contribution in [2.24, 2.45) is 5.10 Å². The van der Waals surface area contributed by atoms with Gasteiger partial charge in [0, 0.05) is 17.3 Å². The number of benzene rings is 2.